The topological polar surface area (TPSA) is 64.2 Å². The zero-order chi connectivity index (χ0) is 20.1. The molecule has 0 aliphatic carbocycles. The molecular weight excluding hydrogens is 360 g/mol. The standard InChI is InChI=1S/C24H22N4O/c25-23-22(16-26-28(23)21-14-8-3-9-15-21)24(29)27(17-19-10-4-1-5-11-19)18-20-12-6-2-7-13-20/h1-16H,17-18,25H2. The molecule has 3 aromatic carbocycles. The summed E-state index contributed by atoms with van der Waals surface area (Å²) in [6, 6.07) is 29.5. The molecule has 4 aromatic rings. The number of carbonyl (C=O) groups is 1. The van der Waals surface area contributed by atoms with E-state index in [9.17, 15) is 4.79 Å². The Morgan fingerprint density at radius 3 is 1.79 bits per heavy atom. The Hall–Kier alpha value is -3.86. The van der Waals surface area contributed by atoms with Crippen LogP contribution in [-0.2, 0) is 13.1 Å². The minimum Gasteiger partial charge on any atom is -0.383 e. The summed E-state index contributed by atoms with van der Waals surface area (Å²) in [5.74, 6) is 0.199. The first-order valence-electron chi connectivity index (χ1n) is 9.48. The van der Waals surface area contributed by atoms with Gasteiger partial charge in [0.05, 0.1) is 11.9 Å². The second-order valence-corrected chi connectivity index (χ2v) is 6.82. The van der Waals surface area contributed by atoms with Crippen LogP contribution in [0.1, 0.15) is 21.5 Å². The highest BCUT2D eigenvalue weighted by atomic mass is 16.2. The van der Waals surface area contributed by atoms with Crippen molar-refractivity contribution in [3.63, 3.8) is 0 Å². The molecular formula is C24H22N4O. The van der Waals surface area contributed by atoms with E-state index < -0.39 is 0 Å². The van der Waals surface area contributed by atoms with E-state index in [0.717, 1.165) is 16.8 Å². The highest BCUT2D eigenvalue weighted by molar-refractivity contribution is 5.98. The summed E-state index contributed by atoms with van der Waals surface area (Å²) in [6.45, 7) is 0.981. The SMILES string of the molecule is Nc1c(C(=O)N(Cc2ccccc2)Cc2ccccc2)cnn1-c1ccccc1. The van der Waals surface area contributed by atoms with Crippen LogP contribution in [0.3, 0.4) is 0 Å². The Morgan fingerprint density at radius 2 is 1.28 bits per heavy atom. The van der Waals surface area contributed by atoms with Gasteiger partial charge in [0.15, 0.2) is 0 Å². The normalized spacial score (nSPS) is 10.6. The van der Waals surface area contributed by atoms with Gasteiger partial charge in [0.2, 0.25) is 0 Å². The van der Waals surface area contributed by atoms with E-state index >= 15 is 0 Å². The minimum absolute atomic E-state index is 0.141. The quantitative estimate of drug-likeness (QED) is 0.541. The number of nitrogens with two attached hydrogens (primary N) is 1. The molecule has 0 saturated carbocycles. The van der Waals surface area contributed by atoms with E-state index in [1.165, 1.54) is 0 Å². The summed E-state index contributed by atoms with van der Waals surface area (Å²) in [5, 5.41) is 4.35. The van der Waals surface area contributed by atoms with Gasteiger partial charge in [-0.1, -0.05) is 78.9 Å². The summed E-state index contributed by atoms with van der Waals surface area (Å²) in [6.07, 6.45) is 1.55. The van der Waals surface area contributed by atoms with Crippen LogP contribution < -0.4 is 5.73 Å². The number of anilines is 1. The van der Waals surface area contributed by atoms with Crippen LogP contribution in [0.2, 0.25) is 0 Å². The number of rotatable bonds is 6. The van der Waals surface area contributed by atoms with Gasteiger partial charge in [0.25, 0.3) is 5.91 Å². The fraction of sp³-hybridized carbons (Fsp3) is 0.0833. The molecule has 1 heterocycles. The lowest BCUT2D eigenvalue weighted by Gasteiger charge is -2.23. The van der Waals surface area contributed by atoms with Crippen LogP contribution in [0.25, 0.3) is 5.69 Å². The van der Waals surface area contributed by atoms with Crippen molar-refractivity contribution in [3.05, 3.63) is 114 Å². The fourth-order valence-electron chi connectivity index (χ4n) is 3.28. The fourth-order valence-corrected chi connectivity index (χ4v) is 3.28. The summed E-state index contributed by atoms with van der Waals surface area (Å²) < 4.78 is 1.59. The van der Waals surface area contributed by atoms with Gasteiger partial charge in [0, 0.05) is 13.1 Å². The summed E-state index contributed by atoms with van der Waals surface area (Å²) in [4.78, 5) is 15.2. The second kappa shape index (κ2) is 8.44. The number of nitrogen functional groups attached to an aromatic ring is 1. The zero-order valence-electron chi connectivity index (χ0n) is 16.0. The van der Waals surface area contributed by atoms with Crippen LogP contribution in [0.5, 0.6) is 0 Å². The molecule has 0 radical (unpaired) electrons. The molecule has 0 bridgehead atoms. The number of hydrogen-bond acceptors (Lipinski definition) is 3. The van der Waals surface area contributed by atoms with E-state index in [2.05, 4.69) is 5.10 Å². The van der Waals surface area contributed by atoms with Gasteiger partial charge >= 0.3 is 0 Å². The van der Waals surface area contributed by atoms with Crippen molar-refractivity contribution < 1.29 is 4.79 Å². The molecule has 29 heavy (non-hydrogen) atoms. The Labute approximate surface area is 170 Å². The van der Waals surface area contributed by atoms with Crippen LogP contribution in [0.4, 0.5) is 5.82 Å². The van der Waals surface area contributed by atoms with Crippen LogP contribution in [0, 0.1) is 0 Å². The average molecular weight is 382 g/mol. The van der Waals surface area contributed by atoms with Crippen molar-refractivity contribution in [2.75, 3.05) is 5.73 Å². The third-order valence-corrected chi connectivity index (χ3v) is 4.76. The molecule has 0 spiro atoms. The van der Waals surface area contributed by atoms with Crippen LogP contribution in [0.15, 0.2) is 97.2 Å². The third-order valence-electron chi connectivity index (χ3n) is 4.76. The molecule has 1 aromatic heterocycles. The van der Waals surface area contributed by atoms with Gasteiger partial charge in [-0.2, -0.15) is 5.10 Å². The van der Waals surface area contributed by atoms with Crippen molar-refractivity contribution in [2.24, 2.45) is 0 Å². The Balaban J connectivity index is 1.65. The first-order valence-corrected chi connectivity index (χ1v) is 9.48. The van der Waals surface area contributed by atoms with Gasteiger partial charge in [-0.25, -0.2) is 4.68 Å². The average Bonchev–Trinajstić information content (AvgIpc) is 3.16. The molecule has 4 rings (SSSR count). The first kappa shape index (κ1) is 18.5. The second-order valence-electron chi connectivity index (χ2n) is 6.82. The number of aromatic nitrogens is 2. The van der Waals surface area contributed by atoms with Crippen molar-refractivity contribution >= 4 is 11.7 Å². The molecule has 0 saturated heterocycles. The largest absolute Gasteiger partial charge is 0.383 e. The smallest absolute Gasteiger partial charge is 0.259 e. The van der Waals surface area contributed by atoms with Crippen molar-refractivity contribution in [1.29, 1.82) is 0 Å². The van der Waals surface area contributed by atoms with Gasteiger partial charge in [-0.3, -0.25) is 4.79 Å². The maximum atomic E-state index is 13.4. The van der Waals surface area contributed by atoms with Gasteiger partial charge in [0.1, 0.15) is 11.4 Å². The van der Waals surface area contributed by atoms with Gasteiger partial charge in [-0.15, -0.1) is 0 Å². The maximum absolute atomic E-state index is 13.4. The number of carbonyl (C=O) groups excluding carboxylic acids is 1. The van der Waals surface area contributed by atoms with Crippen LogP contribution in [-0.4, -0.2) is 20.6 Å². The third kappa shape index (κ3) is 4.19. The zero-order valence-corrected chi connectivity index (χ0v) is 16.0. The lowest BCUT2D eigenvalue weighted by Crippen LogP contribution is -2.30. The molecule has 144 valence electrons. The molecule has 0 atom stereocenters. The summed E-state index contributed by atoms with van der Waals surface area (Å²) in [7, 11) is 0. The highest BCUT2D eigenvalue weighted by Crippen LogP contribution is 2.21. The van der Waals surface area contributed by atoms with Crippen molar-refractivity contribution in [2.45, 2.75) is 13.1 Å². The van der Waals surface area contributed by atoms with E-state index in [1.807, 2.05) is 91.0 Å². The minimum atomic E-state index is -0.141. The van der Waals surface area contributed by atoms with Crippen molar-refractivity contribution in [3.8, 4) is 5.69 Å². The predicted octanol–water partition coefficient (Wildman–Crippen LogP) is 4.30. The monoisotopic (exact) mass is 382 g/mol. The Bertz CT molecular complexity index is 1030. The lowest BCUT2D eigenvalue weighted by atomic mass is 10.1. The Morgan fingerprint density at radius 1 is 0.793 bits per heavy atom. The lowest BCUT2D eigenvalue weighted by molar-refractivity contribution is 0.0731. The van der Waals surface area contributed by atoms with Gasteiger partial charge < -0.3 is 10.6 Å². The van der Waals surface area contributed by atoms with Crippen LogP contribution >= 0.6 is 0 Å². The summed E-state index contributed by atoms with van der Waals surface area (Å²) >= 11 is 0. The highest BCUT2D eigenvalue weighted by Gasteiger charge is 2.22. The summed E-state index contributed by atoms with van der Waals surface area (Å²) in [5.41, 5.74) is 9.66. The van der Waals surface area contributed by atoms with Crippen molar-refractivity contribution in [1.82, 2.24) is 14.7 Å². The molecule has 0 aliphatic heterocycles. The van der Waals surface area contributed by atoms with E-state index in [1.54, 1.807) is 15.8 Å². The molecule has 5 heteroatoms. The molecule has 0 fully saturated rings. The number of hydrogen-bond donors (Lipinski definition) is 1. The molecule has 5 nitrogen and oxygen atoms in total. The molecule has 1 amide bonds. The Kier molecular flexibility index (Phi) is 5.38. The maximum Gasteiger partial charge on any atom is 0.259 e. The van der Waals surface area contributed by atoms with E-state index in [-0.39, 0.29) is 5.91 Å². The van der Waals surface area contributed by atoms with Gasteiger partial charge in [-0.05, 0) is 23.3 Å². The molecule has 0 unspecified atom stereocenters. The van der Waals surface area contributed by atoms with E-state index in [0.29, 0.717) is 24.5 Å². The molecule has 0 aliphatic rings. The predicted molar refractivity (Wildman–Crippen MR) is 114 cm³/mol. The first-order chi connectivity index (χ1) is 14.2. The number of nitrogens with zero attached hydrogens (tertiary/aromatic N) is 3. The number of benzene rings is 3. The molecule has 2 N–H and O–H groups in total. The number of para-hydroxylation sites is 1. The number of amides is 1. The van der Waals surface area contributed by atoms with E-state index in [4.69, 9.17) is 5.73 Å².